The van der Waals surface area contributed by atoms with E-state index in [4.69, 9.17) is 5.48 Å². The molecule has 0 amide bonds. The van der Waals surface area contributed by atoms with Crippen LogP contribution in [0.5, 0.6) is 0 Å². The molecule has 53 heavy (non-hydrogen) atoms. The molecule has 3 nitrogen and oxygen atoms in total. The normalized spacial score (nSPS) is 12.8. The lowest BCUT2D eigenvalue weighted by atomic mass is 10.0. The van der Waals surface area contributed by atoms with E-state index in [1.807, 2.05) is 41.0 Å². The topological polar surface area (TPSA) is 14.8 Å². The van der Waals surface area contributed by atoms with Gasteiger partial charge in [0.05, 0.1) is 16.5 Å². The first kappa shape index (κ1) is 25.8. The minimum atomic E-state index is -0.248. The second-order valence-electron chi connectivity index (χ2n) is 13.6. The van der Waals surface area contributed by atoms with Crippen molar-refractivity contribution in [2.24, 2.45) is 0 Å². The van der Waals surface area contributed by atoms with Gasteiger partial charge in [-0.15, -0.1) is 0 Å². The first-order chi connectivity index (χ1) is 27.9. The Morgan fingerprint density at radius 1 is 0.302 bits per heavy atom. The minimum absolute atomic E-state index is 0.0433. The molecule has 0 atom stereocenters. The molecule has 0 aliphatic rings. The van der Waals surface area contributed by atoms with Gasteiger partial charge in [-0.3, -0.25) is 0 Å². The largest absolute Gasteiger partial charge is 0.310 e. The lowest BCUT2D eigenvalue weighted by Crippen LogP contribution is -1.99. The molecule has 0 spiro atoms. The molecule has 2 heterocycles. The van der Waals surface area contributed by atoms with Gasteiger partial charge in [0.15, 0.2) is 0 Å². The van der Waals surface area contributed by atoms with Crippen LogP contribution in [0.1, 0.15) is 5.48 Å². The second kappa shape index (κ2) is 11.7. The molecule has 248 valence electrons. The Morgan fingerprint density at radius 2 is 0.830 bits per heavy atom. The summed E-state index contributed by atoms with van der Waals surface area (Å²) in [6.45, 7) is 0. The maximum atomic E-state index is 9.06. The number of nitrogens with zero attached hydrogens (tertiary/aromatic N) is 3. The van der Waals surface area contributed by atoms with Crippen molar-refractivity contribution in [3.8, 4) is 17.1 Å². The Kier molecular flexibility index (Phi) is 5.71. The van der Waals surface area contributed by atoms with E-state index in [1.165, 1.54) is 0 Å². The molecule has 0 aliphatic carbocycles. The van der Waals surface area contributed by atoms with Crippen molar-refractivity contribution in [1.29, 1.82) is 0 Å². The van der Waals surface area contributed by atoms with Gasteiger partial charge in [0.1, 0.15) is 0 Å². The molecule has 0 aliphatic heterocycles. The molecule has 9 aromatic carbocycles. The fourth-order valence-corrected chi connectivity index (χ4v) is 8.11. The number of fused-ring (bicyclic) bond motifs is 10. The van der Waals surface area contributed by atoms with Crippen molar-refractivity contribution in [2.45, 2.75) is 0 Å². The summed E-state index contributed by atoms with van der Waals surface area (Å²) in [4.78, 5) is 0. The molecule has 11 rings (SSSR count). The van der Waals surface area contributed by atoms with Crippen LogP contribution >= 0.6 is 0 Å². The van der Waals surface area contributed by atoms with E-state index < -0.39 is 0 Å². The van der Waals surface area contributed by atoms with E-state index in [9.17, 15) is 0 Å². The Bertz CT molecular complexity index is 3510. The van der Waals surface area contributed by atoms with Crippen LogP contribution in [-0.2, 0) is 0 Å². The summed E-state index contributed by atoms with van der Waals surface area (Å²) in [6, 6.07) is 61.1. The summed E-state index contributed by atoms with van der Waals surface area (Å²) < 4.78 is 41.8. The van der Waals surface area contributed by atoms with E-state index in [2.05, 4.69) is 149 Å². The van der Waals surface area contributed by atoms with Crippen LogP contribution < -0.4 is 0 Å². The molecule has 2 aromatic heterocycles. The van der Waals surface area contributed by atoms with E-state index in [0.717, 1.165) is 82.3 Å². The van der Waals surface area contributed by atoms with Crippen molar-refractivity contribution in [3.63, 3.8) is 0 Å². The smallest absolute Gasteiger partial charge is 0.0645 e. The Hall–Kier alpha value is -7.10. The third kappa shape index (κ3) is 4.75. The van der Waals surface area contributed by atoms with Crippen LogP contribution in [0.3, 0.4) is 0 Å². The zero-order chi connectivity index (χ0) is 38.4. The molecule has 8 bridgehead atoms. The first-order valence-electron chi connectivity index (χ1n) is 19.9. The number of rotatable bonds is 3. The quantitative estimate of drug-likeness (QED) is 0.165. The van der Waals surface area contributed by atoms with Crippen LogP contribution in [0.4, 0.5) is 0 Å². The van der Waals surface area contributed by atoms with Crippen molar-refractivity contribution in [1.82, 2.24) is 13.7 Å². The lowest BCUT2D eigenvalue weighted by Gasteiger charge is -2.15. The van der Waals surface area contributed by atoms with Crippen molar-refractivity contribution >= 4 is 76.2 Å². The number of para-hydroxylation sites is 3. The Balaban J connectivity index is 1.32. The summed E-state index contributed by atoms with van der Waals surface area (Å²) in [7, 11) is 0. The SMILES string of the molecule is [2H]c1c([2H])c([2H])c2c(c1[2H])c1ccc(-n3c4cccc(c4)c4cccc(c4)n(-c4ccccc4)c4ccc5ccc6ccc3cc6c5c4)cc1n2-c1ccccc1. The predicted octanol–water partition coefficient (Wildman–Crippen LogP) is 13.3. The number of hydrogen-bond acceptors (Lipinski definition) is 0. The standard InChI is InChI=1S/C50H33N3/c1-3-13-38(14-4-1)51-40-17-9-11-36(29-40)37-12-10-18-41(30-37)52(43-26-24-35-22-21-34-23-25-42(51)31-47(34)48(35)32-43)44-27-28-46-45-19-7-8-20-49(45)53(50(46)33-44)39-15-5-2-6-16-39/h1-33H/i7D,8D,19D,20D. The van der Waals surface area contributed by atoms with E-state index >= 15 is 0 Å². The van der Waals surface area contributed by atoms with Gasteiger partial charge in [-0.2, -0.15) is 0 Å². The molecule has 0 fully saturated rings. The van der Waals surface area contributed by atoms with Gasteiger partial charge in [-0.1, -0.05) is 109 Å². The third-order valence-electron chi connectivity index (χ3n) is 10.5. The summed E-state index contributed by atoms with van der Waals surface area (Å²) >= 11 is 0. The minimum Gasteiger partial charge on any atom is -0.310 e. The Morgan fingerprint density at radius 3 is 1.45 bits per heavy atom. The first-order valence-corrected chi connectivity index (χ1v) is 17.9. The average Bonchev–Trinajstić information content (AvgIpc) is 3.60. The molecular weight excluding hydrogens is 643 g/mol. The van der Waals surface area contributed by atoms with Crippen LogP contribution in [-0.4, -0.2) is 13.7 Å². The Labute approximate surface area is 311 Å². The highest BCUT2D eigenvalue weighted by atomic mass is 15.0. The summed E-state index contributed by atoms with van der Waals surface area (Å²) in [6.07, 6.45) is 0. The highest BCUT2D eigenvalue weighted by Crippen LogP contribution is 2.35. The van der Waals surface area contributed by atoms with Crippen molar-refractivity contribution in [2.75, 3.05) is 0 Å². The van der Waals surface area contributed by atoms with Crippen molar-refractivity contribution < 1.29 is 5.48 Å². The zero-order valence-corrected chi connectivity index (χ0v) is 28.6. The lowest BCUT2D eigenvalue weighted by molar-refractivity contribution is 1.14. The van der Waals surface area contributed by atoms with Crippen molar-refractivity contribution in [3.05, 3.63) is 200 Å². The second-order valence-corrected chi connectivity index (χ2v) is 13.6. The van der Waals surface area contributed by atoms with Crippen LogP contribution in [0.15, 0.2) is 200 Å². The maximum absolute atomic E-state index is 9.06. The molecule has 0 unspecified atom stereocenters. The third-order valence-corrected chi connectivity index (χ3v) is 10.5. The van der Waals surface area contributed by atoms with Gasteiger partial charge in [0.2, 0.25) is 0 Å². The van der Waals surface area contributed by atoms with E-state index in [1.54, 1.807) is 0 Å². The maximum Gasteiger partial charge on any atom is 0.0645 e. The van der Waals surface area contributed by atoms with Crippen LogP contribution in [0.25, 0.3) is 93.3 Å². The summed E-state index contributed by atoms with van der Waals surface area (Å²) in [5.74, 6) is 0. The van der Waals surface area contributed by atoms with Gasteiger partial charge >= 0.3 is 0 Å². The number of aromatic nitrogens is 3. The highest BCUT2D eigenvalue weighted by Gasteiger charge is 2.14. The number of benzene rings is 9. The van der Waals surface area contributed by atoms with Crippen LogP contribution in [0.2, 0.25) is 0 Å². The molecule has 0 saturated heterocycles. The average molecular weight is 680 g/mol. The molecule has 0 N–H and O–H groups in total. The van der Waals surface area contributed by atoms with Gasteiger partial charge in [-0.25, -0.2) is 0 Å². The zero-order valence-electron chi connectivity index (χ0n) is 32.6. The molecule has 11 aromatic rings. The van der Waals surface area contributed by atoms with E-state index in [0.29, 0.717) is 10.9 Å². The predicted molar refractivity (Wildman–Crippen MR) is 225 cm³/mol. The number of hydrogen-bond donors (Lipinski definition) is 0. The molecule has 0 radical (unpaired) electrons. The van der Waals surface area contributed by atoms with E-state index in [-0.39, 0.29) is 24.2 Å². The van der Waals surface area contributed by atoms with Gasteiger partial charge in [-0.05, 0) is 123 Å². The molecule has 3 heteroatoms. The molecule has 0 saturated carbocycles. The summed E-state index contributed by atoms with van der Waals surface area (Å²) in [5, 5.41) is 8.01. The fraction of sp³-hybridized carbons (Fsp3) is 0. The van der Waals surface area contributed by atoms with Gasteiger partial charge < -0.3 is 13.7 Å². The highest BCUT2D eigenvalue weighted by molar-refractivity contribution is 6.11. The fourth-order valence-electron chi connectivity index (χ4n) is 8.11. The summed E-state index contributed by atoms with van der Waals surface area (Å²) in [5.41, 5.74) is 8.13. The van der Waals surface area contributed by atoms with Gasteiger partial charge in [0, 0.05) is 49.9 Å². The monoisotopic (exact) mass is 679 g/mol. The molecular formula is C50H33N3. The van der Waals surface area contributed by atoms with Gasteiger partial charge in [0.25, 0.3) is 0 Å². The van der Waals surface area contributed by atoms with Crippen LogP contribution in [0, 0.1) is 0 Å².